The first kappa shape index (κ1) is 15.6. The van der Waals surface area contributed by atoms with Crippen molar-refractivity contribution in [2.24, 2.45) is 0 Å². The minimum atomic E-state index is -0.742. The molecule has 0 aromatic carbocycles. The molecule has 3 unspecified atom stereocenters. The molecule has 0 heterocycles. The maximum Gasteiger partial charge on any atom is 0.237 e. The number of hydrogen-bond donors (Lipinski definition) is 2. The van der Waals surface area contributed by atoms with Gasteiger partial charge in [-0.3, -0.25) is 9.00 Å². The molecule has 16 heavy (non-hydrogen) atoms. The normalized spacial score (nSPS) is 16.5. The van der Waals surface area contributed by atoms with Crippen molar-refractivity contribution in [1.82, 2.24) is 10.6 Å². The summed E-state index contributed by atoms with van der Waals surface area (Å²) in [5.74, 6) is 0.721. The molecule has 2 N–H and O–H groups in total. The molecule has 0 aliphatic rings. The second kappa shape index (κ2) is 8.70. The second-order valence-electron chi connectivity index (χ2n) is 4.12. The van der Waals surface area contributed by atoms with Gasteiger partial charge in [0, 0.05) is 28.9 Å². The van der Waals surface area contributed by atoms with Crippen LogP contribution < -0.4 is 10.6 Å². The lowest BCUT2D eigenvalue weighted by Gasteiger charge is -2.17. The van der Waals surface area contributed by atoms with Crippen molar-refractivity contribution < 1.29 is 9.00 Å². The van der Waals surface area contributed by atoms with Crippen LogP contribution in [0, 0.1) is 0 Å². The van der Waals surface area contributed by atoms with Crippen LogP contribution in [0.1, 0.15) is 33.6 Å². The van der Waals surface area contributed by atoms with Gasteiger partial charge in [0.05, 0.1) is 6.04 Å². The molecule has 0 fully saturated rings. The monoisotopic (exact) mass is 248 g/mol. The van der Waals surface area contributed by atoms with Crippen molar-refractivity contribution >= 4 is 16.7 Å². The largest absolute Gasteiger partial charge is 0.352 e. The Kier molecular flexibility index (Phi) is 8.47. The number of nitrogens with one attached hydrogen (secondary N) is 2. The molecule has 0 bridgehead atoms. The summed E-state index contributed by atoms with van der Waals surface area (Å²) >= 11 is 0. The van der Waals surface area contributed by atoms with E-state index in [2.05, 4.69) is 10.6 Å². The third-order valence-corrected chi connectivity index (χ3v) is 3.32. The molecule has 0 aromatic heterocycles. The maximum absolute atomic E-state index is 11.6. The summed E-state index contributed by atoms with van der Waals surface area (Å²) in [6, 6.07) is 0.0409. The fourth-order valence-corrected chi connectivity index (χ4v) is 1.71. The molecule has 0 rings (SSSR count). The topological polar surface area (TPSA) is 58.2 Å². The van der Waals surface area contributed by atoms with E-state index in [9.17, 15) is 9.00 Å². The Morgan fingerprint density at radius 2 is 2.00 bits per heavy atom. The number of amides is 1. The molecule has 0 saturated carbocycles. The minimum Gasteiger partial charge on any atom is -0.352 e. The Bertz CT molecular complexity index is 234. The van der Waals surface area contributed by atoms with Crippen LogP contribution in [0.3, 0.4) is 0 Å². The van der Waals surface area contributed by atoms with Gasteiger partial charge in [-0.15, -0.1) is 0 Å². The average molecular weight is 248 g/mol. The zero-order valence-electron chi connectivity index (χ0n) is 10.7. The Labute approximate surface area is 101 Å². The van der Waals surface area contributed by atoms with Gasteiger partial charge >= 0.3 is 0 Å². The molecule has 0 aliphatic heterocycles. The molecule has 96 valence electrons. The van der Waals surface area contributed by atoms with E-state index in [4.69, 9.17) is 0 Å². The summed E-state index contributed by atoms with van der Waals surface area (Å²) in [4.78, 5) is 11.6. The lowest BCUT2D eigenvalue weighted by atomic mass is 10.2. The Hall–Kier alpha value is -0.420. The smallest absolute Gasteiger partial charge is 0.237 e. The Morgan fingerprint density at radius 1 is 1.38 bits per heavy atom. The van der Waals surface area contributed by atoms with E-state index in [0.717, 1.165) is 19.4 Å². The van der Waals surface area contributed by atoms with E-state index in [1.54, 1.807) is 6.26 Å². The van der Waals surface area contributed by atoms with E-state index < -0.39 is 10.8 Å². The van der Waals surface area contributed by atoms with Crippen LogP contribution in [-0.4, -0.2) is 40.8 Å². The van der Waals surface area contributed by atoms with Crippen LogP contribution in [0.25, 0.3) is 0 Å². The highest BCUT2D eigenvalue weighted by Gasteiger charge is 2.13. The van der Waals surface area contributed by atoms with E-state index in [0.29, 0.717) is 5.75 Å². The van der Waals surface area contributed by atoms with Crippen LogP contribution in [-0.2, 0) is 15.6 Å². The van der Waals surface area contributed by atoms with Gasteiger partial charge in [0.15, 0.2) is 0 Å². The van der Waals surface area contributed by atoms with Crippen LogP contribution in [0.5, 0.6) is 0 Å². The lowest BCUT2D eigenvalue weighted by Crippen LogP contribution is -2.45. The molecule has 0 aliphatic carbocycles. The molecule has 0 aromatic rings. The van der Waals surface area contributed by atoms with Crippen molar-refractivity contribution in [1.29, 1.82) is 0 Å². The summed E-state index contributed by atoms with van der Waals surface area (Å²) in [6.45, 7) is 6.61. The number of rotatable bonds is 8. The molecule has 0 spiro atoms. The van der Waals surface area contributed by atoms with E-state index in [1.165, 1.54) is 0 Å². The quantitative estimate of drug-likeness (QED) is 0.620. The number of hydrogen-bond acceptors (Lipinski definition) is 3. The van der Waals surface area contributed by atoms with Gasteiger partial charge < -0.3 is 10.6 Å². The molecule has 0 radical (unpaired) electrons. The van der Waals surface area contributed by atoms with Crippen molar-refractivity contribution in [3.8, 4) is 0 Å². The van der Waals surface area contributed by atoms with Crippen molar-refractivity contribution in [3.05, 3.63) is 0 Å². The summed E-state index contributed by atoms with van der Waals surface area (Å²) in [6.07, 6.45) is 3.47. The van der Waals surface area contributed by atoms with Gasteiger partial charge in [0.2, 0.25) is 5.91 Å². The fraction of sp³-hybridized carbons (Fsp3) is 0.909. The highest BCUT2D eigenvalue weighted by atomic mass is 32.2. The molecule has 1 amide bonds. The lowest BCUT2D eigenvalue weighted by molar-refractivity contribution is -0.123. The highest BCUT2D eigenvalue weighted by molar-refractivity contribution is 7.84. The van der Waals surface area contributed by atoms with E-state index in [1.807, 2.05) is 20.8 Å². The Morgan fingerprint density at radius 3 is 2.50 bits per heavy atom. The van der Waals surface area contributed by atoms with Crippen LogP contribution in [0.15, 0.2) is 0 Å². The molecule has 5 heteroatoms. The first-order valence-corrected chi connectivity index (χ1v) is 7.53. The summed E-state index contributed by atoms with van der Waals surface area (Å²) < 4.78 is 10.8. The van der Waals surface area contributed by atoms with Gasteiger partial charge in [0.25, 0.3) is 0 Å². The SMILES string of the molecule is CCC(C)NC(=O)C(C)NCCCS(C)=O. The van der Waals surface area contributed by atoms with E-state index >= 15 is 0 Å². The first-order valence-electron chi connectivity index (χ1n) is 5.81. The van der Waals surface area contributed by atoms with Gasteiger partial charge in [-0.05, 0) is 33.2 Å². The van der Waals surface area contributed by atoms with Gasteiger partial charge in [-0.25, -0.2) is 0 Å². The third-order valence-electron chi connectivity index (χ3n) is 2.45. The van der Waals surface area contributed by atoms with Crippen molar-refractivity contribution in [2.75, 3.05) is 18.6 Å². The van der Waals surface area contributed by atoms with Gasteiger partial charge in [-0.2, -0.15) is 0 Å². The Balaban J connectivity index is 3.67. The average Bonchev–Trinajstić information content (AvgIpc) is 2.23. The summed E-state index contributed by atoms with van der Waals surface area (Å²) in [5.41, 5.74) is 0. The highest BCUT2D eigenvalue weighted by Crippen LogP contribution is 1.91. The molecule has 4 nitrogen and oxygen atoms in total. The maximum atomic E-state index is 11.6. The standard InChI is InChI=1S/C11H24N2O2S/c1-5-9(2)13-11(14)10(3)12-7-6-8-16(4)15/h9-10,12H,5-8H2,1-4H3,(H,13,14). The predicted molar refractivity (Wildman–Crippen MR) is 68.9 cm³/mol. The van der Waals surface area contributed by atoms with Crippen molar-refractivity contribution in [2.45, 2.75) is 45.7 Å². The summed E-state index contributed by atoms with van der Waals surface area (Å²) in [5, 5.41) is 6.04. The fourth-order valence-electron chi connectivity index (χ4n) is 1.16. The zero-order chi connectivity index (χ0) is 12.6. The minimum absolute atomic E-state index is 0.0342. The molecule has 3 atom stereocenters. The predicted octanol–water partition coefficient (Wildman–Crippen LogP) is 0.648. The van der Waals surface area contributed by atoms with Crippen LogP contribution in [0.4, 0.5) is 0 Å². The van der Waals surface area contributed by atoms with E-state index in [-0.39, 0.29) is 18.0 Å². The zero-order valence-corrected chi connectivity index (χ0v) is 11.5. The molecule has 0 saturated heterocycles. The second-order valence-corrected chi connectivity index (χ2v) is 5.68. The number of carbonyl (C=O) groups is 1. The van der Waals surface area contributed by atoms with Crippen molar-refractivity contribution in [3.63, 3.8) is 0 Å². The van der Waals surface area contributed by atoms with Crippen LogP contribution in [0.2, 0.25) is 0 Å². The van der Waals surface area contributed by atoms with Gasteiger partial charge in [0.1, 0.15) is 0 Å². The first-order chi connectivity index (χ1) is 7.47. The molecular weight excluding hydrogens is 224 g/mol. The summed E-state index contributed by atoms with van der Waals surface area (Å²) in [7, 11) is -0.742. The third kappa shape index (κ3) is 7.82. The molecular formula is C11H24N2O2S. The number of carbonyl (C=O) groups excluding carboxylic acids is 1. The van der Waals surface area contributed by atoms with Crippen LogP contribution >= 0.6 is 0 Å². The van der Waals surface area contributed by atoms with Gasteiger partial charge in [-0.1, -0.05) is 6.92 Å².